The highest BCUT2D eigenvalue weighted by Crippen LogP contribution is 2.22. The fourth-order valence-corrected chi connectivity index (χ4v) is 2.32. The summed E-state index contributed by atoms with van der Waals surface area (Å²) < 4.78 is 0. The molecule has 1 unspecified atom stereocenters. The summed E-state index contributed by atoms with van der Waals surface area (Å²) in [5, 5.41) is 7.20. The Hall–Kier alpha value is -1.65. The summed E-state index contributed by atoms with van der Waals surface area (Å²) in [5.41, 5.74) is 1.75. The first-order valence-electron chi connectivity index (χ1n) is 6.20. The third-order valence-corrected chi connectivity index (χ3v) is 3.34. The topological polar surface area (TPSA) is 54.0 Å². The maximum absolute atomic E-state index is 12.1. The maximum atomic E-state index is 12.1. The molecule has 5 heteroatoms. The molecule has 19 heavy (non-hydrogen) atoms. The van der Waals surface area contributed by atoms with E-state index in [2.05, 4.69) is 15.6 Å². The second-order valence-electron chi connectivity index (χ2n) is 4.55. The van der Waals surface area contributed by atoms with E-state index in [1.807, 2.05) is 30.3 Å². The number of nitrogens with one attached hydrogen (secondary N) is 2. The lowest BCUT2D eigenvalue weighted by Crippen LogP contribution is -2.24. The molecule has 3 rings (SSSR count). The van der Waals surface area contributed by atoms with Crippen molar-refractivity contribution >= 4 is 34.9 Å². The minimum atomic E-state index is 0. The Labute approximate surface area is 118 Å². The SMILES string of the molecule is Cl.O=C(Nc1ccnc2ccccc12)C1CCNC1. The number of pyridine rings is 1. The zero-order valence-corrected chi connectivity index (χ0v) is 11.2. The van der Waals surface area contributed by atoms with Gasteiger partial charge >= 0.3 is 0 Å². The van der Waals surface area contributed by atoms with Crippen LogP contribution in [0.25, 0.3) is 10.9 Å². The molecule has 1 aliphatic rings. The number of fused-ring (bicyclic) bond motifs is 1. The molecule has 1 aromatic heterocycles. The second-order valence-corrected chi connectivity index (χ2v) is 4.55. The van der Waals surface area contributed by atoms with E-state index in [0.717, 1.165) is 36.1 Å². The molecule has 1 aromatic carbocycles. The maximum Gasteiger partial charge on any atom is 0.228 e. The van der Waals surface area contributed by atoms with Gasteiger partial charge in [0.2, 0.25) is 5.91 Å². The van der Waals surface area contributed by atoms with E-state index in [-0.39, 0.29) is 24.2 Å². The van der Waals surface area contributed by atoms with Crippen LogP contribution in [-0.4, -0.2) is 24.0 Å². The highest BCUT2D eigenvalue weighted by atomic mass is 35.5. The van der Waals surface area contributed by atoms with Gasteiger partial charge in [0.15, 0.2) is 0 Å². The van der Waals surface area contributed by atoms with Crippen LogP contribution in [-0.2, 0) is 4.79 Å². The van der Waals surface area contributed by atoms with E-state index in [1.54, 1.807) is 6.20 Å². The van der Waals surface area contributed by atoms with E-state index in [4.69, 9.17) is 0 Å². The first-order chi connectivity index (χ1) is 8.84. The van der Waals surface area contributed by atoms with Gasteiger partial charge in [0.25, 0.3) is 0 Å². The standard InChI is InChI=1S/C14H15N3O.ClH/c18-14(10-5-7-15-9-10)17-13-6-8-16-12-4-2-1-3-11(12)13;/h1-4,6,8,10,15H,5,7,9H2,(H,16,17,18);1H. The first-order valence-corrected chi connectivity index (χ1v) is 6.20. The van der Waals surface area contributed by atoms with Crippen molar-refractivity contribution in [3.63, 3.8) is 0 Å². The molecule has 0 aliphatic carbocycles. The molecule has 100 valence electrons. The Balaban J connectivity index is 0.00000133. The third kappa shape index (κ3) is 2.85. The molecule has 1 fully saturated rings. The number of nitrogens with zero attached hydrogens (tertiary/aromatic N) is 1. The van der Waals surface area contributed by atoms with Crippen molar-refractivity contribution < 1.29 is 4.79 Å². The highest BCUT2D eigenvalue weighted by molar-refractivity contribution is 6.01. The Kier molecular flexibility index (Phi) is 4.35. The number of hydrogen-bond donors (Lipinski definition) is 2. The zero-order chi connectivity index (χ0) is 12.4. The van der Waals surface area contributed by atoms with Crippen molar-refractivity contribution in [3.8, 4) is 0 Å². The lowest BCUT2D eigenvalue weighted by Gasteiger charge is -2.11. The van der Waals surface area contributed by atoms with Crippen molar-refractivity contribution in [1.82, 2.24) is 10.3 Å². The molecular formula is C14H16ClN3O. The largest absolute Gasteiger partial charge is 0.325 e. The van der Waals surface area contributed by atoms with E-state index in [9.17, 15) is 4.79 Å². The monoisotopic (exact) mass is 277 g/mol. The van der Waals surface area contributed by atoms with Crippen LogP contribution in [0.2, 0.25) is 0 Å². The molecule has 1 aliphatic heterocycles. The number of benzene rings is 1. The number of carbonyl (C=O) groups is 1. The van der Waals surface area contributed by atoms with Crippen LogP contribution >= 0.6 is 12.4 Å². The fourth-order valence-electron chi connectivity index (χ4n) is 2.32. The van der Waals surface area contributed by atoms with Gasteiger partial charge < -0.3 is 10.6 Å². The molecule has 0 saturated carbocycles. The summed E-state index contributed by atoms with van der Waals surface area (Å²) in [6, 6.07) is 9.67. The van der Waals surface area contributed by atoms with Crippen LogP contribution in [0, 0.1) is 5.92 Å². The lowest BCUT2D eigenvalue weighted by molar-refractivity contribution is -0.119. The van der Waals surface area contributed by atoms with Gasteiger partial charge in [0.1, 0.15) is 0 Å². The van der Waals surface area contributed by atoms with Gasteiger partial charge in [0, 0.05) is 18.1 Å². The van der Waals surface area contributed by atoms with Gasteiger partial charge in [0.05, 0.1) is 17.1 Å². The molecule has 2 aromatic rings. The Morgan fingerprint density at radius 3 is 2.95 bits per heavy atom. The van der Waals surface area contributed by atoms with Crippen molar-refractivity contribution in [2.45, 2.75) is 6.42 Å². The van der Waals surface area contributed by atoms with Crippen LogP contribution in [0.1, 0.15) is 6.42 Å². The summed E-state index contributed by atoms with van der Waals surface area (Å²) in [4.78, 5) is 16.4. The van der Waals surface area contributed by atoms with Crippen LogP contribution in [0.4, 0.5) is 5.69 Å². The van der Waals surface area contributed by atoms with Crippen molar-refractivity contribution in [3.05, 3.63) is 36.5 Å². The number of halogens is 1. The van der Waals surface area contributed by atoms with Crippen LogP contribution < -0.4 is 10.6 Å². The first kappa shape index (κ1) is 13.8. The molecule has 0 spiro atoms. The smallest absolute Gasteiger partial charge is 0.228 e. The van der Waals surface area contributed by atoms with Gasteiger partial charge in [-0.1, -0.05) is 18.2 Å². The number of aromatic nitrogens is 1. The molecule has 0 radical (unpaired) electrons. The molecule has 1 amide bonds. The van der Waals surface area contributed by atoms with Crippen molar-refractivity contribution in [2.24, 2.45) is 5.92 Å². The van der Waals surface area contributed by atoms with Gasteiger partial charge in [-0.15, -0.1) is 12.4 Å². The average Bonchev–Trinajstić information content (AvgIpc) is 2.93. The fraction of sp³-hybridized carbons (Fsp3) is 0.286. The number of hydrogen-bond acceptors (Lipinski definition) is 3. The summed E-state index contributed by atoms with van der Waals surface area (Å²) in [7, 11) is 0. The number of anilines is 1. The van der Waals surface area contributed by atoms with E-state index in [0.29, 0.717) is 0 Å². The van der Waals surface area contributed by atoms with Crippen LogP contribution in [0.3, 0.4) is 0 Å². The minimum Gasteiger partial charge on any atom is -0.325 e. The number of carbonyl (C=O) groups excluding carboxylic acids is 1. The minimum absolute atomic E-state index is 0. The Morgan fingerprint density at radius 1 is 1.32 bits per heavy atom. The molecule has 0 bridgehead atoms. The van der Waals surface area contributed by atoms with Gasteiger partial charge in [-0.3, -0.25) is 9.78 Å². The molecular weight excluding hydrogens is 262 g/mol. The van der Waals surface area contributed by atoms with Crippen molar-refractivity contribution in [2.75, 3.05) is 18.4 Å². The van der Waals surface area contributed by atoms with E-state index in [1.165, 1.54) is 0 Å². The number of para-hydroxylation sites is 1. The summed E-state index contributed by atoms with van der Waals surface area (Å²) in [6.45, 7) is 1.70. The molecule has 4 nitrogen and oxygen atoms in total. The van der Waals surface area contributed by atoms with Gasteiger partial charge in [-0.2, -0.15) is 0 Å². The average molecular weight is 278 g/mol. The summed E-state index contributed by atoms with van der Waals surface area (Å²) in [6.07, 6.45) is 2.64. The van der Waals surface area contributed by atoms with E-state index >= 15 is 0 Å². The quantitative estimate of drug-likeness (QED) is 0.885. The molecule has 1 atom stereocenters. The van der Waals surface area contributed by atoms with E-state index < -0.39 is 0 Å². The Morgan fingerprint density at radius 2 is 2.16 bits per heavy atom. The predicted molar refractivity (Wildman–Crippen MR) is 78.6 cm³/mol. The van der Waals surface area contributed by atoms with Gasteiger partial charge in [-0.05, 0) is 25.1 Å². The highest BCUT2D eigenvalue weighted by Gasteiger charge is 2.22. The predicted octanol–water partition coefficient (Wildman–Crippen LogP) is 2.20. The normalized spacial score (nSPS) is 18.0. The Bertz CT molecular complexity index is 576. The molecule has 1 saturated heterocycles. The third-order valence-electron chi connectivity index (χ3n) is 3.34. The van der Waals surface area contributed by atoms with Gasteiger partial charge in [-0.25, -0.2) is 0 Å². The second kappa shape index (κ2) is 5.99. The lowest BCUT2D eigenvalue weighted by atomic mass is 10.1. The zero-order valence-electron chi connectivity index (χ0n) is 10.4. The molecule has 2 heterocycles. The number of amides is 1. The van der Waals surface area contributed by atoms with Crippen molar-refractivity contribution in [1.29, 1.82) is 0 Å². The summed E-state index contributed by atoms with van der Waals surface area (Å²) >= 11 is 0. The molecule has 2 N–H and O–H groups in total. The summed E-state index contributed by atoms with van der Waals surface area (Å²) in [5.74, 6) is 0.174. The number of rotatable bonds is 2. The van der Waals surface area contributed by atoms with Crippen LogP contribution in [0.15, 0.2) is 36.5 Å². The van der Waals surface area contributed by atoms with Crippen LogP contribution in [0.5, 0.6) is 0 Å².